The zero-order valence-electron chi connectivity index (χ0n) is 10.4. The van der Waals surface area contributed by atoms with E-state index >= 15 is 0 Å². The molecule has 7 nitrogen and oxygen atoms in total. The number of anilines is 1. The zero-order chi connectivity index (χ0) is 13.8. The summed E-state index contributed by atoms with van der Waals surface area (Å²) in [5.74, 6) is -0.151. The molecule has 1 atom stereocenters. The number of H-pyrrole nitrogens is 1. The van der Waals surface area contributed by atoms with Gasteiger partial charge in [0.1, 0.15) is 9.84 Å². The number of amides is 1. The molecule has 0 fully saturated rings. The highest BCUT2D eigenvalue weighted by Gasteiger charge is 2.16. The summed E-state index contributed by atoms with van der Waals surface area (Å²) in [4.78, 5) is 11.6. The molecule has 0 aliphatic heterocycles. The Labute approximate surface area is 106 Å². The van der Waals surface area contributed by atoms with Crippen LogP contribution in [-0.4, -0.2) is 42.6 Å². The molecule has 0 spiro atoms. The summed E-state index contributed by atoms with van der Waals surface area (Å²) in [5, 5.41) is 9.17. The summed E-state index contributed by atoms with van der Waals surface area (Å²) in [6.45, 7) is 1.96. The monoisotopic (exact) mass is 274 g/mol. The second-order valence-electron chi connectivity index (χ2n) is 4.15. The highest BCUT2D eigenvalue weighted by Crippen LogP contribution is 2.06. The number of nitrogens with zero attached hydrogens (tertiary/aromatic N) is 1. The molecular weight excluding hydrogens is 256 g/mol. The average molecular weight is 274 g/mol. The van der Waals surface area contributed by atoms with Crippen LogP contribution in [0.1, 0.15) is 19.0 Å². The van der Waals surface area contributed by atoms with Gasteiger partial charge in [-0.15, -0.1) is 0 Å². The fraction of sp³-hybridized carbons (Fsp3) is 0.600. The summed E-state index contributed by atoms with van der Waals surface area (Å²) < 4.78 is 21.9. The van der Waals surface area contributed by atoms with Crippen molar-refractivity contribution in [1.82, 2.24) is 10.2 Å². The van der Waals surface area contributed by atoms with Crippen LogP contribution < -0.4 is 11.1 Å². The number of hydrogen-bond acceptors (Lipinski definition) is 5. The van der Waals surface area contributed by atoms with Crippen molar-refractivity contribution in [3.8, 4) is 0 Å². The number of nitrogens with one attached hydrogen (secondary N) is 2. The fourth-order valence-electron chi connectivity index (χ4n) is 1.30. The summed E-state index contributed by atoms with van der Waals surface area (Å²) >= 11 is 0. The average Bonchev–Trinajstić information content (AvgIpc) is 2.72. The van der Waals surface area contributed by atoms with Crippen LogP contribution in [0.4, 0.5) is 5.82 Å². The largest absolute Gasteiger partial charge is 0.320 e. The van der Waals surface area contributed by atoms with Crippen LogP contribution >= 0.6 is 0 Å². The lowest BCUT2D eigenvalue weighted by atomic mass is 10.2. The smallest absolute Gasteiger partial charge is 0.242 e. The van der Waals surface area contributed by atoms with Crippen molar-refractivity contribution in [1.29, 1.82) is 0 Å². The number of aromatic amines is 1. The maximum atomic E-state index is 11.6. The van der Waals surface area contributed by atoms with Crippen molar-refractivity contribution in [3.63, 3.8) is 0 Å². The molecule has 0 radical (unpaired) electrons. The van der Waals surface area contributed by atoms with Gasteiger partial charge in [-0.25, -0.2) is 8.42 Å². The van der Waals surface area contributed by atoms with Crippen LogP contribution in [0.3, 0.4) is 0 Å². The van der Waals surface area contributed by atoms with E-state index < -0.39 is 21.8 Å². The number of aryl methyl sites for hydroxylation is 1. The Bertz CT molecular complexity index is 509. The lowest BCUT2D eigenvalue weighted by Gasteiger charge is -2.09. The van der Waals surface area contributed by atoms with E-state index in [1.54, 1.807) is 6.07 Å². The Hall–Kier alpha value is -1.41. The van der Waals surface area contributed by atoms with Crippen molar-refractivity contribution < 1.29 is 13.2 Å². The van der Waals surface area contributed by atoms with E-state index in [1.165, 1.54) is 0 Å². The van der Waals surface area contributed by atoms with Crippen LogP contribution in [0.5, 0.6) is 0 Å². The molecule has 0 aliphatic rings. The van der Waals surface area contributed by atoms with E-state index in [9.17, 15) is 13.2 Å². The third-order valence-electron chi connectivity index (χ3n) is 2.40. The third-order valence-corrected chi connectivity index (χ3v) is 3.38. The van der Waals surface area contributed by atoms with Gasteiger partial charge < -0.3 is 11.1 Å². The first-order chi connectivity index (χ1) is 8.31. The first-order valence-corrected chi connectivity index (χ1v) is 7.66. The van der Waals surface area contributed by atoms with Crippen molar-refractivity contribution in [2.75, 3.05) is 17.3 Å². The molecule has 1 heterocycles. The number of nitrogens with two attached hydrogens (primary N) is 1. The molecule has 18 heavy (non-hydrogen) atoms. The van der Waals surface area contributed by atoms with E-state index in [0.717, 1.165) is 18.4 Å². The number of hydrogen-bond donors (Lipinski definition) is 3. The van der Waals surface area contributed by atoms with E-state index in [0.29, 0.717) is 5.82 Å². The molecule has 1 aromatic heterocycles. The number of carbonyl (C=O) groups is 1. The van der Waals surface area contributed by atoms with Crippen molar-refractivity contribution >= 4 is 21.6 Å². The van der Waals surface area contributed by atoms with E-state index in [1.807, 2.05) is 6.92 Å². The van der Waals surface area contributed by atoms with Crippen molar-refractivity contribution in [2.24, 2.45) is 5.73 Å². The van der Waals surface area contributed by atoms with Crippen LogP contribution in [-0.2, 0) is 21.1 Å². The first kappa shape index (κ1) is 14.7. The third kappa shape index (κ3) is 4.84. The van der Waals surface area contributed by atoms with Crippen LogP contribution in [0.2, 0.25) is 0 Å². The van der Waals surface area contributed by atoms with Gasteiger partial charge in [0.25, 0.3) is 0 Å². The van der Waals surface area contributed by atoms with Crippen LogP contribution in [0, 0.1) is 0 Å². The fourth-order valence-corrected chi connectivity index (χ4v) is 1.98. The molecule has 1 rings (SSSR count). The minimum atomic E-state index is -3.11. The summed E-state index contributed by atoms with van der Waals surface area (Å²) in [6, 6.07) is 0.850. The van der Waals surface area contributed by atoms with Gasteiger partial charge in [-0.1, -0.05) is 6.92 Å². The second-order valence-corrected chi connectivity index (χ2v) is 6.41. The van der Waals surface area contributed by atoms with Gasteiger partial charge in [0.15, 0.2) is 5.82 Å². The Kier molecular flexibility index (Phi) is 4.85. The Morgan fingerprint density at radius 2 is 2.28 bits per heavy atom. The molecule has 0 aromatic carbocycles. The zero-order valence-corrected chi connectivity index (χ0v) is 11.3. The Balaban J connectivity index is 2.49. The van der Waals surface area contributed by atoms with Gasteiger partial charge >= 0.3 is 0 Å². The molecule has 8 heteroatoms. The molecule has 0 saturated heterocycles. The van der Waals surface area contributed by atoms with Gasteiger partial charge in [0.2, 0.25) is 5.91 Å². The molecule has 0 aliphatic carbocycles. The lowest BCUT2D eigenvalue weighted by molar-refractivity contribution is -0.117. The van der Waals surface area contributed by atoms with Crippen molar-refractivity contribution in [3.05, 3.63) is 11.8 Å². The summed E-state index contributed by atoms with van der Waals surface area (Å²) in [5.41, 5.74) is 6.50. The molecule has 1 unspecified atom stereocenters. The van der Waals surface area contributed by atoms with Crippen molar-refractivity contribution in [2.45, 2.75) is 25.8 Å². The van der Waals surface area contributed by atoms with Crippen LogP contribution in [0.15, 0.2) is 6.07 Å². The molecule has 0 bridgehead atoms. The second kappa shape index (κ2) is 5.96. The predicted molar refractivity (Wildman–Crippen MR) is 68.9 cm³/mol. The quantitative estimate of drug-likeness (QED) is 0.656. The number of aromatic nitrogens is 2. The van der Waals surface area contributed by atoms with E-state index in [4.69, 9.17) is 5.73 Å². The SMILES string of the molecule is CCc1cc(NC(=O)C(N)CCS(C)(=O)=O)n[nH]1. The summed E-state index contributed by atoms with van der Waals surface area (Å²) in [7, 11) is -3.11. The molecular formula is C10H18N4O3S. The number of carbonyl (C=O) groups excluding carboxylic acids is 1. The lowest BCUT2D eigenvalue weighted by Crippen LogP contribution is -2.37. The maximum absolute atomic E-state index is 11.6. The minimum absolute atomic E-state index is 0.0930. The normalized spacial score (nSPS) is 13.3. The molecule has 1 aromatic rings. The predicted octanol–water partition coefficient (Wildman–Crippen LogP) is -0.327. The van der Waals surface area contributed by atoms with Gasteiger partial charge in [-0.2, -0.15) is 5.10 Å². The molecule has 102 valence electrons. The first-order valence-electron chi connectivity index (χ1n) is 5.60. The molecule has 1 amide bonds. The van der Waals surface area contributed by atoms with Gasteiger partial charge in [0, 0.05) is 18.0 Å². The molecule has 0 saturated carbocycles. The minimum Gasteiger partial charge on any atom is -0.320 e. The van der Waals surface area contributed by atoms with Gasteiger partial charge in [-0.05, 0) is 12.8 Å². The Morgan fingerprint density at radius 1 is 1.61 bits per heavy atom. The topological polar surface area (TPSA) is 118 Å². The van der Waals surface area contributed by atoms with Gasteiger partial charge in [0.05, 0.1) is 11.8 Å². The highest BCUT2D eigenvalue weighted by atomic mass is 32.2. The van der Waals surface area contributed by atoms with Crippen LogP contribution in [0.25, 0.3) is 0 Å². The van der Waals surface area contributed by atoms with E-state index in [2.05, 4.69) is 15.5 Å². The summed E-state index contributed by atoms with van der Waals surface area (Å²) in [6.07, 6.45) is 1.98. The molecule has 4 N–H and O–H groups in total. The van der Waals surface area contributed by atoms with Gasteiger partial charge in [-0.3, -0.25) is 9.89 Å². The maximum Gasteiger partial charge on any atom is 0.242 e. The number of rotatable bonds is 6. The number of sulfone groups is 1. The van der Waals surface area contributed by atoms with E-state index in [-0.39, 0.29) is 12.2 Å². The Morgan fingerprint density at radius 3 is 2.78 bits per heavy atom. The standard InChI is InChI=1S/C10H18N4O3S/c1-3-7-6-9(14-13-7)12-10(15)8(11)4-5-18(2,16)17/h6,8H,3-5,11H2,1-2H3,(H2,12,13,14,15). The highest BCUT2D eigenvalue weighted by molar-refractivity contribution is 7.90.